The topological polar surface area (TPSA) is 33.4 Å². The highest BCUT2D eigenvalue weighted by atomic mass is 35.5. The average Bonchev–Trinajstić information content (AvgIpc) is 3.13. The summed E-state index contributed by atoms with van der Waals surface area (Å²) >= 11 is 12.6. The largest absolute Gasteiger partial charge is 0.352 e. The first-order chi connectivity index (χ1) is 15.0. The summed E-state index contributed by atoms with van der Waals surface area (Å²) in [6.07, 6.45) is 4.63. The fourth-order valence-corrected chi connectivity index (χ4v) is 4.42. The van der Waals surface area contributed by atoms with Crippen LogP contribution in [0.4, 0.5) is 5.82 Å². The second kappa shape index (κ2) is 9.29. The lowest BCUT2D eigenvalue weighted by Gasteiger charge is -2.27. The minimum atomic E-state index is 0.506. The summed E-state index contributed by atoms with van der Waals surface area (Å²) in [6, 6.07) is 16.0. The zero-order chi connectivity index (χ0) is 22.0. The number of halogens is 2. The number of fused-ring (bicyclic) bond motifs is 1. The van der Waals surface area contributed by atoms with Crippen molar-refractivity contribution in [2.75, 3.05) is 11.4 Å². The van der Waals surface area contributed by atoms with Gasteiger partial charge in [0.15, 0.2) is 5.65 Å². The van der Waals surface area contributed by atoms with Crippen LogP contribution in [0.25, 0.3) is 16.9 Å². The van der Waals surface area contributed by atoms with Crippen molar-refractivity contribution < 1.29 is 0 Å². The molecule has 0 saturated carbocycles. The van der Waals surface area contributed by atoms with Crippen LogP contribution in [-0.4, -0.2) is 20.9 Å². The van der Waals surface area contributed by atoms with Crippen LogP contribution in [0.5, 0.6) is 0 Å². The summed E-state index contributed by atoms with van der Waals surface area (Å²) in [5, 5.41) is 1.17. The Morgan fingerprint density at radius 3 is 2.52 bits per heavy atom. The maximum absolute atomic E-state index is 6.51. The highest BCUT2D eigenvalue weighted by molar-refractivity contribution is 6.36. The van der Waals surface area contributed by atoms with E-state index in [1.165, 1.54) is 5.56 Å². The number of anilines is 1. The minimum absolute atomic E-state index is 0.506. The van der Waals surface area contributed by atoms with Gasteiger partial charge >= 0.3 is 0 Å². The van der Waals surface area contributed by atoms with Crippen molar-refractivity contribution in [2.24, 2.45) is 5.92 Å². The van der Waals surface area contributed by atoms with Gasteiger partial charge in [-0.15, -0.1) is 0 Å². The van der Waals surface area contributed by atoms with Crippen LogP contribution >= 0.6 is 23.2 Å². The molecule has 0 amide bonds. The molecule has 0 N–H and O–H groups in total. The van der Waals surface area contributed by atoms with Crippen LogP contribution in [0.3, 0.4) is 0 Å². The molecule has 4 nitrogen and oxygen atoms in total. The van der Waals surface area contributed by atoms with E-state index in [9.17, 15) is 0 Å². The molecule has 160 valence electrons. The summed E-state index contributed by atoms with van der Waals surface area (Å²) < 4.78 is 2.15. The molecule has 4 rings (SSSR count). The monoisotopic (exact) mass is 452 g/mol. The number of imidazole rings is 1. The molecule has 0 bridgehead atoms. The SMILES string of the molecule is CCc1nc2c(-c3ccc(Cl)cc3Cl)nccn2c1N(Cc1ccccc1)CC(C)C. The van der Waals surface area contributed by atoms with E-state index in [0.29, 0.717) is 16.0 Å². The Labute approximate surface area is 193 Å². The van der Waals surface area contributed by atoms with E-state index in [-0.39, 0.29) is 0 Å². The lowest BCUT2D eigenvalue weighted by molar-refractivity contribution is 0.601. The first kappa shape index (κ1) is 21.7. The van der Waals surface area contributed by atoms with Gasteiger partial charge in [0.05, 0.1) is 10.7 Å². The number of hydrogen-bond donors (Lipinski definition) is 0. The third kappa shape index (κ3) is 4.56. The lowest BCUT2D eigenvalue weighted by Crippen LogP contribution is -2.29. The fourth-order valence-electron chi connectivity index (χ4n) is 3.93. The molecule has 0 atom stereocenters. The highest BCUT2D eigenvalue weighted by Gasteiger charge is 2.22. The normalized spacial score (nSPS) is 11.4. The third-order valence-electron chi connectivity index (χ3n) is 5.21. The maximum Gasteiger partial charge on any atom is 0.165 e. The first-order valence-electron chi connectivity index (χ1n) is 10.6. The Bertz CT molecular complexity index is 1190. The van der Waals surface area contributed by atoms with Crippen LogP contribution < -0.4 is 4.90 Å². The van der Waals surface area contributed by atoms with Crippen LogP contribution in [0.1, 0.15) is 32.0 Å². The molecular formula is C25H26Cl2N4. The Hall–Kier alpha value is -2.56. The van der Waals surface area contributed by atoms with Gasteiger partial charge in [0.25, 0.3) is 0 Å². The summed E-state index contributed by atoms with van der Waals surface area (Å²) in [7, 11) is 0. The minimum Gasteiger partial charge on any atom is -0.352 e. The van der Waals surface area contributed by atoms with Crippen LogP contribution in [0.15, 0.2) is 60.9 Å². The molecule has 2 heterocycles. The molecule has 0 saturated heterocycles. The Morgan fingerprint density at radius 1 is 1.06 bits per heavy atom. The molecule has 4 aromatic rings. The second-order valence-corrected chi connectivity index (χ2v) is 8.93. The zero-order valence-corrected chi connectivity index (χ0v) is 19.5. The van der Waals surface area contributed by atoms with Crippen molar-refractivity contribution in [1.82, 2.24) is 14.4 Å². The number of benzene rings is 2. The van der Waals surface area contributed by atoms with E-state index < -0.39 is 0 Å². The molecule has 0 aliphatic heterocycles. The first-order valence-corrected chi connectivity index (χ1v) is 11.3. The predicted molar refractivity (Wildman–Crippen MR) is 130 cm³/mol. The van der Waals surface area contributed by atoms with Gasteiger partial charge in [-0.1, -0.05) is 74.3 Å². The van der Waals surface area contributed by atoms with Crippen molar-refractivity contribution >= 4 is 34.7 Å². The number of hydrogen-bond acceptors (Lipinski definition) is 3. The van der Waals surface area contributed by atoms with Crippen molar-refractivity contribution in [3.05, 3.63) is 82.2 Å². The van der Waals surface area contributed by atoms with Crippen molar-refractivity contribution in [3.8, 4) is 11.3 Å². The van der Waals surface area contributed by atoms with E-state index in [4.69, 9.17) is 28.2 Å². The van der Waals surface area contributed by atoms with Gasteiger partial charge in [0.2, 0.25) is 0 Å². The fraction of sp³-hybridized carbons (Fsp3) is 0.280. The zero-order valence-electron chi connectivity index (χ0n) is 18.0. The number of aromatic nitrogens is 3. The van der Waals surface area contributed by atoms with Gasteiger partial charge in [0, 0.05) is 36.1 Å². The van der Waals surface area contributed by atoms with E-state index in [2.05, 4.69) is 65.4 Å². The average molecular weight is 453 g/mol. The molecule has 2 aromatic carbocycles. The maximum atomic E-state index is 6.51. The molecule has 6 heteroatoms. The van der Waals surface area contributed by atoms with Crippen molar-refractivity contribution in [3.63, 3.8) is 0 Å². The highest BCUT2D eigenvalue weighted by Crippen LogP contribution is 2.34. The molecular weight excluding hydrogens is 427 g/mol. The quantitative estimate of drug-likeness (QED) is 0.304. The van der Waals surface area contributed by atoms with Crippen LogP contribution in [0, 0.1) is 5.92 Å². The predicted octanol–water partition coefficient (Wildman–Crippen LogP) is 6.93. The van der Waals surface area contributed by atoms with Crippen LogP contribution in [-0.2, 0) is 13.0 Å². The summed E-state index contributed by atoms with van der Waals surface area (Å²) in [5.41, 5.74) is 4.72. The molecule has 0 aliphatic rings. The van der Waals surface area contributed by atoms with E-state index in [1.54, 1.807) is 6.07 Å². The van der Waals surface area contributed by atoms with Crippen molar-refractivity contribution in [2.45, 2.75) is 33.7 Å². The summed E-state index contributed by atoms with van der Waals surface area (Å²) in [4.78, 5) is 12.1. The molecule has 31 heavy (non-hydrogen) atoms. The standard InChI is InChI=1S/C25H26Cl2N4/c1-4-22-25(30(15-17(2)3)16-18-8-6-5-7-9-18)31-13-12-28-23(24(31)29-22)20-11-10-19(26)14-21(20)27/h5-14,17H,4,15-16H2,1-3H3. The summed E-state index contributed by atoms with van der Waals surface area (Å²) in [5.74, 6) is 1.62. The van der Waals surface area contributed by atoms with Gasteiger partial charge in [-0.3, -0.25) is 9.38 Å². The van der Waals surface area contributed by atoms with Crippen LogP contribution in [0.2, 0.25) is 10.0 Å². The number of rotatable bonds is 7. The number of aryl methyl sites for hydroxylation is 1. The smallest absolute Gasteiger partial charge is 0.165 e. The molecule has 2 aromatic heterocycles. The molecule has 0 radical (unpaired) electrons. The molecule has 0 spiro atoms. The Balaban J connectivity index is 1.88. The lowest BCUT2D eigenvalue weighted by atomic mass is 10.1. The Morgan fingerprint density at radius 2 is 1.84 bits per heavy atom. The molecule has 0 aliphatic carbocycles. The summed E-state index contributed by atoms with van der Waals surface area (Å²) in [6.45, 7) is 8.37. The van der Waals surface area contributed by atoms with E-state index >= 15 is 0 Å². The van der Waals surface area contributed by atoms with Gasteiger partial charge < -0.3 is 4.90 Å². The molecule has 0 unspecified atom stereocenters. The van der Waals surface area contributed by atoms with Gasteiger partial charge in [-0.25, -0.2) is 4.98 Å². The van der Waals surface area contributed by atoms with Gasteiger partial charge in [-0.2, -0.15) is 0 Å². The van der Waals surface area contributed by atoms with Crippen molar-refractivity contribution in [1.29, 1.82) is 0 Å². The molecule has 0 fully saturated rings. The van der Waals surface area contributed by atoms with Gasteiger partial charge in [-0.05, 0) is 36.1 Å². The van der Waals surface area contributed by atoms with E-state index in [0.717, 1.165) is 47.9 Å². The van der Waals surface area contributed by atoms with Gasteiger partial charge in [0.1, 0.15) is 11.5 Å². The third-order valence-corrected chi connectivity index (χ3v) is 5.76. The second-order valence-electron chi connectivity index (χ2n) is 8.09. The Kier molecular flexibility index (Phi) is 6.49. The number of nitrogens with zero attached hydrogens (tertiary/aromatic N) is 4. The van der Waals surface area contributed by atoms with E-state index in [1.807, 2.05) is 24.5 Å².